The van der Waals surface area contributed by atoms with Crippen LogP contribution in [0.1, 0.15) is 26.3 Å². The third-order valence-corrected chi connectivity index (χ3v) is 5.05. The molecule has 0 aromatic heterocycles. The molecule has 32 heavy (non-hydrogen) atoms. The zero-order valence-electron chi connectivity index (χ0n) is 17.0. The van der Waals surface area contributed by atoms with E-state index in [0.29, 0.717) is 27.5 Å². The average molecular weight is 449 g/mol. The lowest BCUT2D eigenvalue weighted by molar-refractivity contribution is -0.136. The molecule has 0 bridgehead atoms. The fourth-order valence-electron chi connectivity index (χ4n) is 3.25. The minimum atomic E-state index is -0.624. The van der Waals surface area contributed by atoms with Gasteiger partial charge >= 0.3 is 5.97 Å². The molecule has 1 aliphatic rings. The largest absolute Gasteiger partial charge is 0.493 e. The van der Waals surface area contributed by atoms with Crippen LogP contribution in [0.2, 0.25) is 5.02 Å². The third kappa shape index (κ3) is 4.40. The van der Waals surface area contributed by atoms with Crippen molar-refractivity contribution in [2.24, 2.45) is 0 Å². The molecule has 160 valence electrons. The van der Waals surface area contributed by atoms with Crippen LogP contribution < -0.4 is 14.2 Å². The molecule has 7 heteroatoms. The van der Waals surface area contributed by atoms with Crippen molar-refractivity contribution in [1.29, 1.82) is 0 Å². The minimum absolute atomic E-state index is 0.0781. The van der Waals surface area contributed by atoms with Gasteiger partial charge in [0.2, 0.25) is 0 Å². The molecule has 4 rings (SSSR count). The quantitative estimate of drug-likeness (QED) is 0.233. The average Bonchev–Trinajstić information content (AvgIpc) is 3.04. The highest BCUT2D eigenvalue weighted by Crippen LogP contribution is 2.32. The lowest BCUT2D eigenvalue weighted by Crippen LogP contribution is -2.18. The van der Waals surface area contributed by atoms with Crippen LogP contribution in [0.4, 0.5) is 0 Å². The summed E-state index contributed by atoms with van der Waals surface area (Å²) in [6.45, 7) is -0.308. The summed E-state index contributed by atoms with van der Waals surface area (Å²) in [6.07, 6.45) is 1.50. The molecule has 0 saturated carbocycles. The third-order valence-electron chi connectivity index (χ3n) is 4.80. The predicted molar refractivity (Wildman–Crippen MR) is 119 cm³/mol. The van der Waals surface area contributed by atoms with Gasteiger partial charge in [-0.3, -0.25) is 9.59 Å². The Balaban J connectivity index is 1.48. The molecule has 6 nitrogen and oxygen atoms in total. The van der Waals surface area contributed by atoms with Crippen molar-refractivity contribution in [1.82, 2.24) is 0 Å². The van der Waals surface area contributed by atoms with Crippen molar-refractivity contribution in [3.8, 4) is 17.2 Å². The number of fused-ring (bicyclic) bond motifs is 1. The number of ether oxygens (including phenoxy) is 3. The van der Waals surface area contributed by atoms with Crippen molar-refractivity contribution in [2.75, 3.05) is 13.7 Å². The summed E-state index contributed by atoms with van der Waals surface area (Å²) in [5.41, 5.74) is 1.42. The molecule has 0 atom stereocenters. The van der Waals surface area contributed by atoms with E-state index >= 15 is 0 Å². The number of esters is 1. The molecular weight excluding hydrogens is 432 g/mol. The molecule has 0 aliphatic heterocycles. The van der Waals surface area contributed by atoms with Crippen LogP contribution in [-0.2, 0) is 4.79 Å². The fourth-order valence-corrected chi connectivity index (χ4v) is 3.38. The Morgan fingerprint density at radius 1 is 0.906 bits per heavy atom. The number of ketones is 2. The normalized spacial score (nSPS) is 12.4. The zero-order chi connectivity index (χ0) is 22.7. The van der Waals surface area contributed by atoms with E-state index in [1.165, 1.54) is 19.3 Å². The molecular formula is C25H17ClO6. The van der Waals surface area contributed by atoms with Gasteiger partial charge in [-0.2, -0.15) is 0 Å². The van der Waals surface area contributed by atoms with Crippen LogP contribution in [0.5, 0.6) is 17.2 Å². The van der Waals surface area contributed by atoms with Crippen LogP contribution in [0, 0.1) is 0 Å². The highest BCUT2D eigenvalue weighted by Gasteiger charge is 2.32. The van der Waals surface area contributed by atoms with Crippen molar-refractivity contribution >= 4 is 35.2 Å². The number of methoxy groups -OCH3 is 1. The molecule has 0 saturated heterocycles. The summed E-state index contributed by atoms with van der Waals surface area (Å²) in [5, 5.41) is 0.560. The number of Topliss-reactive ketones (excluding diaryl/α,β-unsaturated/α-hetero) is 2. The summed E-state index contributed by atoms with van der Waals surface area (Å²) in [4.78, 5) is 37.3. The molecule has 0 fully saturated rings. The van der Waals surface area contributed by atoms with Gasteiger partial charge in [0, 0.05) is 16.1 Å². The number of benzene rings is 3. The van der Waals surface area contributed by atoms with E-state index in [-0.39, 0.29) is 35.2 Å². The molecule has 3 aromatic rings. The van der Waals surface area contributed by atoms with E-state index in [9.17, 15) is 14.4 Å². The molecule has 3 aromatic carbocycles. The summed E-state index contributed by atoms with van der Waals surface area (Å²) in [7, 11) is 1.43. The monoisotopic (exact) mass is 448 g/mol. The van der Waals surface area contributed by atoms with E-state index < -0.39 is 5.97 Å². The highest BCUT2D eigenvalue weighted by molar-refractivity contribution is 6.41. The van der Waals surface area contributed by atoms with Gasteiger partial charge in [0.05, 0.1) is 12.7 Å². The number of hydrogen-bond donors (Lipinski definition) is 0. The maximum atomic E-state index is 12.6. The maximum Gasteiger partial charge on any atom is 0.349 e. The van der Waals surface area contributed by atoms with Gasteiger partial charge in [0.1, 0.15) is 5.75 Å². The van der Waals surface area contributed by atoms with Crippen LogP contribution in [-0.4, -0.2) is 31.3 Å². The number of carbonyl (C=O) groups is 3. The fraction of sp³-hybridized carbons (Fsp3) is 0.0800. The van der Waals surface area contributed by atoms with Gasteiger partial charge in [-0.05, 0) is 48.0 Å². The lowest BCUT2D eigenvalue weighted by Gasteiger charge is -2.11. The van der Waals surface area contributed by atoms with E-state index in [1.807, 2.05) is 0 Å². The molecule has 0 spiro atoms. The second-order valence-electron chi connectivity index (χ2n) is 6.89. The van der Waals surface area contributed by atoms with E-state index in [0.717, 1.165) is 0 Å². The first-order valence-electron chi connectivity index (χ1n) is 9.63. The Morgan fingerprint density at radius 2 is 1.56 bits per heavy atom. The Kier molecular flexibility index (Phi) is 6.05. The second kappa shape index (κ2) is 9.08. The molecule has 0 N–H and O–H groups in total. The van der Waals surface area contributed by atoms with E-state index in [2.05, 4.69) is 0 Å². The summed E-state index contributed by atoms with van der Waals surface area (Å²) in [5.74, 6) is -0.326. The van der Waals surface area contributed by atoms with E-state index in [4.69, 9.17) is 25.8 Å². The van der Waals surface area contributed by atoms with E-state index in [1.54, 1.807) is 60.7 Å². The SMILES string of the molecule is COc1cc(C=C2C(=O)c3ccccc3C2=O)ccc1OC(=O)COc1ccc(Cl)cc1. The second-order valence-corrected chi connectivity index (χ2v) is 7.33. The molecule has 0 unspecified atom stereocenters. The van der Waals surface area contributed by atoms with Crippen LogP contribution in [0.3, 0.4) is 0 Å². The number of carbonyl (C=O) groups excluding carboxylic acids is 3. The predicted octanol–water partition coefficient (Wildman–Crippen LogP) is 4.80. The highest BCUT2D eigenvalue weighted by atomic mass is 35.5. The molecule has 0 amide bonds. The summed E-state index contributed by atoms with van der Waals surface area (Å²) >= 11 is 5.82. The molecule has 0 heterocycles. The van der Waals surface area contributed by atoms with Crippen molar-refractivity contribution in [2.45, 2.75) is 0 Å². The first-order chi connectivity index (χ1) is 15.5. The molecule has 1 aliphatic carbocycles. The Labute approximate surface area is 189 Å². The number of hydrogen-bond acceptors (Lipinski definition) is 6. The Hall–Kier alpha value is -3.90. The minimum Gasteiger partial charge on any atom is -0.493 e. The number of allylic oxidation sites excluding steroid dienone is 1. The van der Waals surface area contributed by atoms with Gasteiger partial charge in [0.25, 0.3) is 0 Å². The Bertz CT molecular complexity index is 1210. The zero-order valence-corrected chi connectivity index (χ0v) is 17.7. The van der Waals surface area contributed by atoms with Crippen LogP contribution in [0.25, 0.3) is 6.08 Å². The number of halogens is 1. The first-order valence-corrected chi connectivity index (χ1v) is 10.0. The lowest BCUT2D eigenvalue weighted by atomic mass is 10.1. The number of rotatable bonds is 6. The standard InChI is InChI=1S/C25H17ClO6/c1-30-22-13-15(12-20-24(28)18-4-2-3-5-19(18)25(20)29)6-11-21(22)32-23(27)14-31-17-9-7-16(26)8-10-17/h2-13H,14H2,1H3. The molecule has 0 radical (unpaired) electrons. The topological polar surface area (TPSA) is 78.9 Å². The smallest absolute Gasteiger partial charge is 0.349 e. The van der Waals surface area contributed by atoms with Gasteiger partial charge in [-0.25, -0.2) is 4.79 Å². The summed E-state index contributed by atoms with van der Waals surface area (Å²) < 4.78 is 16.0. The Morgan fingerprint density at radius 3 is 2.19 bits per heavy atom. The van der Waals surface area contributed by atoms with Crippen molar-refractivity contribution in [3.63, 3.8) is 0 Å². The summed E-state index contributed by atoms with van der Waals surface area (Å²) in [6, 6.07) is 18.0. The van der Waals surface area contributed by atoms with Crippen molar-refractivity contribution < 1.29 is 28.6 Å². The van der Waals surface area contributed by atoms with Crippen LogP contribution >= 0.6 is 11.6 Å². The van der Waals surface area contributed by atoms with Gasteiger partial charge in [-0.1, -0.05) is 41.9 Å². The van der Waals surface area contributed by atoms with Crippen molar-refractivity contribution in [3.05, 3.63) is 94.0 Å². The van der Waals surface area contributed by atoms with Gasteiger partial charge in [0.15, 0.2) is 29.7 Å². The maximum absolute atomic E-state index is 12.6. The first kappa shape index (κ1) is 21.3. The van der Waals surface area contributed by atoms with Gasteiger partial charge in [-0.15, -0.1) is 0 Å². The van der Waals surface area contributed by atoms with Crippen LogP contribution in [0.15, 0.2) is 72.3 Å². The van der Waals surface area contributed by atoms with Gasteiger partial charge < -0.3 is 14.2 Å².